The van der Waals surface area contributed by atoms with Crippen LogP contribution in [0.1, 0.15) is 155 Å². The van der Waals surface area contributed by atoms with Crippen molar-refractivity contribution in [1.82, 2.24) is 5.32 Å². The van der Waals surface area contributed by atoms with Gasteiger partial charge in [-0.2, -0.15) is 0 Å². The van der Waals surface area contributed by atoms with Crippen molar-refractivity contribution in [3.8, 4) is 0 Å². The van der Waals surface area contributed by atoms with E-state index in [0.717, 1.165) is 116 Å². The predicted molar refractivity (Wildman–Crippen MR) is 355 cm³/mol. The Hall–Kier alpha value is -4.59. The molecule has 17 atom stereocenters. The van der Waals surface area contributed by atoms with Crippen LogP contribution in [0.15, 0.2) is 158 Å². The Bertz CT molecular complexity index is 2270. The van der Waals surface area contributed by atoms with Gasteiger partial charge in [0.2, 0.25) is 5.91 Å². The van der Waals surface area contributed by atoms with Crippen LogP contribution < -0.4 is 5.32 Å². The van der Waals surface area contributed by atoms with Gasteiger partial charge >= 0.3 is 0 Å². The molecule has 3 saturated heterocycles. The molecule has 3 fully saturated rings. The summed E-state index contributed by atoms with van der Waals surface area (Å²) in [5.74, 6) is -0.329. The monoisotopic (exact) mass is 1280 g/mol. The van der Waals surface area contributed by atoms with E-state index in [1.54, 1.807) is 12.2 Å². The zero-order valence-electron chi connectivity index (χ0n) is 54.0. The van der Waals surface area contributed by atoms with E-state index in [9.17, 15) is 61.0 Å². The van der Waals surface area contributed by atoms with Gasteiger partial charge in [-0.15, -0.1) is 0 Å². The molecule has 3 aliphatic rings. The summed E-state index contributed by atoms with van der Waals surface area (Å²) in [6, 6.07) is -1.02. The molecule has 0 bridgehead atoms. The molecule has 0 aromatic rings. The lowest BCUT2D eigenvalue weighted by Gasteiger charge is -2.48. The van der Waals surface area contributed by atoms with E-state index in [2.05, 4.69) is 165 Å². The van der Waals surface area contributed by atoms with Crippen molar-refractivity contribution in [2.24, 2.45) is 0 Å². The number of ether oxygens (including phenoxy) is 6. The lowest BCUT2D eigenvalue weighted by molar-refractivity contribution is -0.379. The number of amides is 1. The summed E-state index contributed by atoms with van der Waals surface area (Å²) >= 11 is 0. The maximum absolute atomic E-state index is 13.3. The van der Waals surface area contributed by atoms with Gasteiger partial charge in [0.25, 0.3) is 0 Å². The topological polar surface area (TPSA) is 307 Å². The normalized spacial score (nSPS) is 28.9. The number of unbranched alkanes of at least 4 members (excludes halogenated alkanes) is 7. The number of aliphatic hydroxyl groups excluding tert-OH is 11. The van der Waals surface area contributed by atoms with Crippen LogP contribution in [-0.2, 0) is 33.2 Å². The van der Waals surface area contributed by atoms with Crippen LogP contribution in [0.3, 0.4) is 0 Å². The second-order valence-electron chi connectivity index (χ2n) is 22.8. The number of allylic oxidation sites excluding steroid dienone is 25. The van der Waals surface area contributed by atoms with Crippen LogP contribution in [0, 0.1) is 0 Å². The minimum Gasteiger partial charge on any atom is -0.394 e. The molecule has 12 N–H and O–H groups in total. The molecule has 19 nitrogen and oxygen atoms in total. The lowest BCUT2D eigenvalue weighted by atomic mass is 9.96. The van der Waals surface area contributed by atoms with E-state index in [0.29, 0.717) is 12.8 Å². The highest BCUT2D eigenvalue weighted by Crippen LogP contribution is 2.33. The van der Waals surface area contributed by atoms with Gasteiger partial charge in [0.1, 0.15) is 73.2 Å². The number of carbonyl (C=O) groups is 1. The zero-order chi connectivity index (χ0) is 66.1. The highest BCUT2D eigenvalue weighted by molar-refractivity contribution is 5.76. The van der Waals surface area contributed by atoms with Crippen LogP contribution in [-0.4, -0.2) is 193 Å². The van der Waals surface area contributed by atoms with Crippen molar-refractivity contribution in [2.45, 2.75) is 259 Å². The van der Waals surface area contributed by atoms with E-state index in [1.165, 1.54) is 6.42 Å². The Morgan fingerprint density at radius 3 is 1.21 bits per heavy atom. The molecular formula is C72H113NO18. The molecule has 514 valence electrons. The van der Waals surface area contributed by atoms with E-state index >= 15 is 0 Å². The summed E-state index contributed by atoms with van der Waals surface area (Å²) in [6.45, 7) is 1.46. The van der Waals surface area contributed by atoms with Gasteiger partial charge in [0.15, 0.2) is 18.9 Å². The highest BCUT2D eigenvalue weighted by atomic mass is 16.8. The summed E-state index contributed by atoms with van der Waals surface area (Å²) in [4.78, 5) is 13.3. The largest absolute Gasteiger partial charge is 0.394 e. The van der Waals surface area contributed by atoms with Crippen molar-refractivity contribution in [3.63, 3.8) is 0 Å². The summed E-state index contributed by atoms with van der Waals surface area (Å²) < 4.78 is 34.1. The van der Waals surface area contributed by atoms with Crippen molar-refractivity contribution in [3.05, 3.63) is 158 Å². The molecule has 19 heteroatoms. The Balaban J connectivity index is 1.37. The van der Waals surface area contributed by atoms with Gasteiger partial charge in [-0.3, -0.25) is 4.79 Å². The first-order valence-electron chi connectivity index (χ1n) is 33.2. The van der Waals surface area contributed by atoms with E-state index in [1.807, 2.05) is 0 Å². The summed E-state index contributed by atoms with van der Waals surface area (Å²) in [5.41, 5.74) is 0. The van der Waals surface area contributed by atoms with E-state index in [-0.39, 0.29) is 12.3 Å². The second-order valence-corrected chi connectivity index (χ2v) is 22.8. The Labute approximate surface area is 542 Å². The Kier molecular flexibility index (Phi) is 45.9. The van der Waals surface area contributed by atoms with Gasteiger partial charge < -0.3 is 89.9 Å². The molecule has 91 heavy (non-hydrogen) atoms. The van der Waals surface area contributed by atoms with Gasteiger partial charge in [-0.25, -0.2) is 0 Å². The van der Waals surface area contributed by atoms with Crippen LogP contribution in [0.4, 0.5) is 0 Å². The Morgan fingerprint density at radius 2 is 0.769 bits per heavy atom. The fraction of sp³-hybridized carbons (Fsp3) is 0.625. The summed E-state index contributed by atoms with van der Waals surface area (Å²) in [5, 5.41) is 120. The molecule has 0 saturated carbocycles. The number of nitrogens with one attached hydrogen (secondary N) is 1. The molecule has 0 aromatic heterocycles. The van der Waals surface area contributed by atoms with Crippen LogP contribution in [0.25, 0.3) is 0 Å². The maximum Gasteiger partial charge on any atom is 0.220 e. The van der Waals surface area contributed by atoms with Crippen LogP contribution >= 0.6 is 0 Å². The Morgan fingerprint density at radius 1 is 0.407 bits per heavy atom. The van der Waals surface area contributed by atoms with Gasteiger partial charge in [-0.05, 0) is 116 Å². The van der Waals surface area contributed by atoms with Crippen molar-refractivity contribution < 1.29 is 89.4 Å². The fourth-order valence-electron chi connectivity index (χ4n) is 9.91. The SMILES string of the molecule is CC/C=C\C/C=C\C/C=C\C/C=C\C/C=C\C/C=C\C/C=C\C/C=C\C/C=C\C/C=C\C/C=C\CCCCCC(=O)NC(COC1OC(CO)C(OC2OC(CO)C(OC3OC(CO)C(O)C(O)C3O)C(O)C2O)C(O)C1O)C(O)/C=C/CC/C=C/CCCCC. The summed E-state index contributed by atoms with van der Waals surface area (Å²) in [6.07, 6.45) is 48.4. The predicted octanol–water partition coefficient (Wildman–Crippen LogP) is 8.15. The standard InChI is InChI=1S/C72H113NO18/c1-3-5-7-9-11-13-14-15-16-17-18-19-20-21-22-23-24-25-26-27-28-29-30-31-32-33-34-35-36-37-38-39-40-42-44-46-48-50-60(78)73-55(56(77)49-47-45-43-41-12-10-8-6-4-2)54-86-70-66(84)63(81)68(58(52-75)88-70)91-72-67(85)64(82)69(59(53-76)89-72)90-71-65(83)62(80)61(79)57(51-74)87-71/h5,7,11-13,15-16,18-19,21-22,24-25,27-28,30-31,33-34,36-37,39-41,47,49,55-59,61-72,74-77,79-85H,3-4,6,8-10,14,17,20,23,26,29,32,35,38,42-46,48,50-54H2,1-2H3,(H,73,78)/b7-5-,13-11-,16-15-,19-18-,22-21-,25-24-,28-27-,31-30-,34-33-,37-36-,40-39-,41-12+,49-47+. The van der Waals surface area contributed by atoms with E-state index in [4.69, 9.17) is 28.4 Å². The van der Waals surface area contributed by atoms with Crippen molar-refractivity contribution >= 4 is 5.91 Å². The third-order valence-electron chi connectivity index (χ3n) is 15.3. The zero-order valence-corrected chi connectivity index (χ0v) is 54.0. The molecule has 0 aromatic carbocycles. The number of hydrogen-bond acceptors (Lipinski definition) is 18. The number of carbonyl (C=O) groups excluding carboxylic acids is 1. The first kappa shape index (κ1) is 80.6. The van der Waals surface area contributed by atoms with Gasteiger partial charge in [0.05, 0.1) is 38.6 Å². The van der Waals surface area contributed by atoms with Crippen LogP contribution in [0.5, 0.6) is 0 Å². The average Bonchev–Trinajstić information content (AvgIpc) is 0.826. The van der Waals surface area contributed by atoms with Gasteiger partial charge in [-0.1, -0.05) is 191 Å². The third kappa shape index (κ3) is 33.9. The molecule has 17 unspecified atom stereocenters. The second kappa shape index (κ2) is 51.8. The average molecular weight is 1280 g/mol. The number of rotatable bonds is 47. The fourth-order valence-corrected chi connectivity index (χ4v) is 9.91. The number of hydrogen-bond donors (Lipinski definition) is 12. The minimum absolute atomic E-state index is 0.183. The molecule has 1 amide bonds. The maximum atomic E-state index is 13.3. The smallest absolute Gasteiger partial charge is 0.220 e. The number of aliphatic hydroxyl groups is 11. The summed E-state index contributed by atoms with van der Waals surface area (Å²) in [7, 11) is 0. The van der Waals surface area contributed by atoms with Crippen LogP contribution in [0.2, 0.25) is 0 Å². The highest BCUT2D eigenvalue weighted by Gasteiger charge is 2.53. The molecule has 3 rings (SSSR count). The van der Waals surface area contributed by atoms with Crippen molar-refractivity contribution in [1.29, 1.82) is 0 Å². The third-order valence-corrected chi connectivity index (χ3v) is 15.3. The first-order valence-corrected chi connectivity index (χ1v) is 33.2. The van der Waals surface area contributed by atoms with Crippen molar-refractivity contribution in [2.75, 3.05) is 26.4 Å². The lowest BCUT2D eigenvalue weighted by Crippen LogP contribution is -2.66. The molecule has 0 spiro atoms. The minimum atomic E-state index is -1.99. The van der Waals surface area contributed by atoms with E-state index < -0.39 is 131 Å². The molecular weight excluding hydrogens is 1170 g/mol. The first-order chi connectivity index (χ1) is 44.3. The molecule has 0 radical (unpaired) electrons. The molecule has 3 aliphatic heterocycles. The molecule has 0 aliphatic carbocycles. The quantitative estimate of drug-likeness (QED) is 0.0202. The van der Waals surface area contributed by atoms with Gasteiger partial charge in [0, 0.05) is 6.42 Å². The molecule has 3 heterocycles.